The second kappa shape index (κ2) is 6.72. The highest BCUT2D eigenvalue weighted by molar-refractivity contribution is 5.98. The second-order valence-electron chi connectivity index (χ2n) is 4.36. The summed E-state index contributed by atoms with van der Waals surface area (Å²) in [5.74, 6) is -2.36. The van der Waals surface area contributed by atoms with E-state index in [0.29, 0.717) is 18.5 Å². The zero-order valence-electron chi connectivity index (χ0n) is 10.6. The summed E-state index contributed by atoms with van der Waals surface area (Å²) in [4.78, 5) is 21.6. The van der Waals surface area contributed by atoms with Gasteiger partial charge in [-0.25, -0.2) is 4.39 Å². The Hall–Kier alpha value is -2.11. The minimum Gasteiger partial charge on any atom is -0.481 e. The number of nitrogens with one attached hydrogen (secondary N) is 1. The van der Waals surface area contributed by atoms with Gasteiger partial charge in [-0.2, -0.15) is 0 Å². The van der Waals surface area contributed by atoms with E-state index < -0.39 is 17.7 Å². The van der Waals surface area contributed by atoms with Gasteiger partial charge in [-0.3, -0.25) is 9.59 Å². The fourth-order valence-corrected chi connectivity index (χ4v) is 1.79. The van der Waals surface area contributed by atoms with Crippen LogP contribution in [-0.4, -0.2) is 23.0 Å². The Balaban J connectivity index is 2.68. The lowest BCUT2D eigenvalue weighted by Crippen LogP contribution is -2.21. The number of hydrogen-bond donors (Lipinski definition) is 3. The molecule has 0 saturated heterocycles. The molecule has 0 aliphatic heterocycles. The SMILES string of the molecule is CC(CCCC(=O)O)Nc1cccc(F)c1C(N)=O. The minimum absolute atomic E-state index is 0.0812. The molecular formula is C13H17FN2O3. The van der Waals surface area contributed by atoms with Crippen LogP contribution < -0.4 is 11.1 Å². The molecule has 1 unspecified atom stereocenters. The van der Waals surface area contributed by atoms with Gasteiger partial charge in [-0.15, -0.1) is 0 Å². The van der Waals surface area contributed by atoms with E-state index in [-0.39, 0.29) is 18.0 Å². The molecule has 19 heavy (non-hydrogen) atoms. The zero-order valence-corrected chi connectivity index (χ0v) is 10.6. The maximum Gasteiger partial charge on any atom is 0.303 e. The summed E-state index contributed by atoms with van der Waals surface area (Å²) in [6, 6.07) is 4.13. The van der Waals surface area contributed by atoms with Crippen molar-refractivity contribution in [2.24, 2.45) is 5.73 Å². The van der Waals surface area contributed by atoms with E-state index in [4.69, 9.17) is 10.8 Å². The minimum atomic E-state index is -0.851. The lowest BCUT2D eigenvalue weighted by Gasteiger charge is -2.17. The molecule has 1 amide bonds. The topological polar surface area (TPSA) is 92.4 Å². The largest absolute Gasteiger partial charge is 0.481 e. The summed E-state index contributed by atoms with van der Waals surface area (Å²) in [5.41, 5.74) is 5.29. The van der Waals surface area contributed by atoms with Crippen molar-refractivity contribution in [1.82, 2.24) is 0 Å². The highest BCUT2D eigenvalue weighted by atomic mass is 19.1. The van der Waals surface area contributed by atoms with E-state index in [9.17, 15) is 14.0 Å². The third-order valence-electron chi connectivity index (χ3n) is 2.69. The summed E-state index contributed by atoms with van der Waals surface area (Å²) in [5, 5.41) is 11.5. The summed E-state index contributed by atoms with van der Waals surface area (Å²) in [6.07, 6.45) is 1.18. The van der Waals surface area contributed by atoms with Gasteiger partial charge in [0.05, 0.1) is 11.3 Å². The molecular weight excluding hydrogens is 251 g/mol. The standard InChI is InChI=1S/C13H17FN2O3/c1-8(4-2-7-11(17)18)16-10-6-3-5-9(14)12(10)13(15)19/h3,5-6,8,16H,2,4,7H2,1H3,(H2,15,19)(H,17,18). The summed E-state index contributed by atoms with van der Waals surface area (Å²) in [7, 11) is 0. The summed E-state index contributed by atoms with van der Waals surface area (Å²) < 4.78 is 13.5. The predicted octanol–water partition coefficient (Wildman–Crippen LogP) is 1.98. The Morgan fingerprint density at radius 1 is 1.47 bits per heavy atom. The Kier molecular flexibility index (Phi) is 5.29. The number of aliphatic carboxylic acids is 1. The number of carboxylic acids is 1. The van der Waals surface area contributed by atoms with E-state index in [1.54, 1.807) is 6.07 Å². The van der Waals surface area contributed by atoms with Crippen molar-refractivity contribution in [2.75, 3.05) is 5.32 Å². The molecule has 104 valence electrons. The molecule has 0 heterocycles. The van der Waals surface area contributed by atoms with Gasteiger partial charge in [-0.1, -0.05) is 6.07 Å². The van der Waals surface area contributed by atoms with Crippen molar-refractivity contribution >= 4 is 17.6 Å². The average Bonchev–Trinajstić information content (AvgIpc) is 2.27. The van der Waals surface area contributed by atoms with E-state index in [0.717, 1.165) is 0 Å². The number of carbonyl (C=O) groups excluding carboxylic acids is 1. The summed E-state index contributed by atoms with van der Waals surface area (Å²) in [6.45, 7) is 1.83. The van der Waals surface area contributed by atoms with Crippen LogP contribution in [0.5, 0.6) is 0 Å². The number of anilines is 1. The number of carbonyl (C=O) groups is 2. The number of amides is 1. The first-order valence-corrected chi connectivity index (χ1v) is 5.98. The van der Waals surface area contributed by atoms with Crippen LogP contribution in [0.2, 0.25) is 0 Å². The molecule has 1 atom stereocenters. The van der Waals surface area contributed by atoms with Gasteiger partial charge in [0.15, 0.2) is 0 Å². The van der Waals surface area contributed by atoms with Crippen molar-refractivity contribution in [3.63, 3.8) is 0 Å². The van der Waals surface area contributed by atoms with Crippen molar-refractivity contribution < 1.29 is 19.1 Å². The molecule has 6 heteroatoms. The number of benzene rings is 1. The van der Waals surface area contributed by atoms with Crippen molar-refractivity contribution in [2.45, 2.75) is 32.2 Å². The number of hydrogen-bond acceptors (Lipinski definition) is 3. The van der Waals surface area contributed by atoms with Crippen LogP contribution in [0.15, 0.2) is 18.2 Å². The zero-order chi connectivity index (χ0) is 14.4. The van der Waals surface area contributed by atoms with Crippen LogP contribution in [-0.2, 0) is 4.79 Å². The monoisotopic (exact) mass is 268 g/mol. The van der Waals surface area contributed by atoms with Crippen LogP contribution in [0.4, 0.5) is 10.1 Å². The average molecular weight is 268 g/mol. The van der Waals surface area contributed by atoms with Gasteiger partial charge in [0.25, 0.3) is 5.91 Å². The van der Waals surface area contributed by atoms with E-state index in [1.165, 1.54) is 12.1 Å². The number of rotatable bonds is 7. The van der Waals surface area contributed by atoms with Crippen molar-refractivity contribution in [1.29, 1.82) is 0 Å². The fraction of sp³-hybridized carbons (Fsp3) is 0.385. The Labute approximate surface area is 110 Å². The molecule has 0 bridgehead atoms. The Morgan fingerprint density at radius 3 is 2.74 bits per heavy atom. The number of nitrogens with two attached hydrogens (primary N) is 1. The van der Waals surface area contributed by atoms with Crippen LogP contribution in [0.3, 0.4) is 0 Å². The quantitative estimate of drug-likeness (QED) is 0.705. The molecule has 0 radical (unpaired) electrons. The number of primary amides is 1. The predicted molar refractivity (Wildman–Crippen MR) is 69.5 cm³/mol. The van der Waals surface area contributed by atoms with E-state index in [2.05, 4.69) is 5.32 Å². The third-order valence-corrected chi connectivity index (χ3v) is 2.69. The molecule has 1 aromatic carbocycles. The molecule has 0 spiro atoms. The smallest absolute Gasteiger partial charge is 0.303 e. The first kappa shape index (κ1) is 14.9. The maximum absolute atomic E-state index is 13.5. The van der Waals surface area contributed by atoms with Crippen molar-refractivity contribution in [3.05, 3.63) is 29.6 Å². The highest BCUT2D eigenvalue weighted by Gasteiger charge is 2.15. The third kappa shape index (κ3) is 4.57. The van der Waals surface area contributed by atoms with E-state index in [1.807, 2.05) is 6.92 Å². The van der Waals surface area contributed by atoms with Crippen LogP contribution >= 0.6 is 0 Å². The van der Waals surface area contributed by atoms with Gasteiger partial charge < -0.3 is 16.2 Å². The molecule has 1 aromatic rings. The fourth-order valence-electron chi connectivity index (χ4n) is 1.79. The van der Waals surface area contributed by atoms with Gasteiger partial charge in [0, 0.05) is 12.5 Å². The van der Waals surface area contributed by atoms with Crippen LogP contribution in [0, 0.1) is 5.82 Å². The van der Waals surface area contributed by atoms with Crippen molar-refractivity contribution in [3.8, 4) is 0 Å². The maximum atomic E-state index is 13.5. The van der Waals surface area contributed by atoms with E-state index >= 15 is 0 Å². The molecule has 4 N–H and O–H groups in total. The van der Waals surface area contributed by atoms with Crippen LogP contribution in [0.1, 0.15) is 36.5 Å². The summed E-state index contributed by atoms with van der Waals surface area (Å²) >= 11 is 0. The number of carboxylic acid groups (broad SMARTS) is 1. The lowest BCUT2D eigenvalue weighted by atomic mass is 10.1. The van der Waals surface area contributed by atoms with Crippen LogP contribution in [0.25, 0.3) is 0 Å². The molecule has 1 rings (SSSR count). The Bertz CT molecular complexity index is 477. The molecule has 5 nitrogen and oxygen atoms in total. The molecule has 0 aliphatic rings. The van der Waals surface area contributed by atoms with Gasteiger partial charge in [0.1, 0.15) is 5.82 Å². The highest BCUT2D eigenvalue weighted by Crippen LogP contribution is 2.20. The number of halogens is 1. The molecule has 0 aliphatic carbocycles. The Morgan fingerprint density at radius 2 is 2.16 bits per heavy atom. The second-order valence-corrected chi connectivity index (χ2v) is 4.36. The van der Waals surface area contributed by atoms with Gasteiger partial charge in [0.2, 0.25) is 0 Å². The molecule has 0 aromatic heterocycles. The first-order valence-electron chi connectivity index (χ1n) is 5.98. The first-order chi connectivity index (χ1) is 8.91. The molecule has 0 saturated carbocycles. The van der Waals surface area contributed by atoms with Gasteiger partial charge in [-0.05, 0) is 31.9 Å². The molecule has 0 fully saturated rings. The van der Waals surface area contributed by atoms with Gasteiger partial charge >= 0.3 is 5.97 Å². The lowest BCUT2D eigenvalue weighted by molar-refractivity contribution is -0.137. The normalized spacial score (nSPS) is 11.9.